The van der Waals surface area contributed by atoms with Crippen LogP contribution in [0.1, 0.15) is 115 Å². The molecule has 314 valence electrons. The maximum absolute atomic E-state index is 15.2. The quantitative estimate of drug-likeness (QED) is 0.203. The Labute approximate surface area is 344 Å². The van der Waals surface area contributed by atoms with E-state index in [1.54, 1.807) is 4.90 Å². The third-order valence-electron chi connectivity index (χ3n) is 17.8. The molecule has 11 rings (SSSR count). The zero-order valence-electron chi connectivity index (χ0n) is 34.3. The molecule has 0 saturated heterocycles. The Kier molecular flexibility index (Phi) is 9.19. The number of aliphatic hydroxyl groups excluding tert-OH is 1. The Morgan fingerprint density at radius 3 is 2.40 bits per heavy atom. The first kappa shape index (κ1) is 40.3. The minimum atomic E-state index is -4.59. The zero-order chi connectivity index (χ0) is 41.4. The molecule has 58 heavy (non-hydrogen) atoms. The summed E-state index contributed by atoms with van der Waals surface area (Å²) in [6.45, 7) is 11.9. The van der Waals surface area contributed by atoms with E-state index < -0.39 is 45.8 Å². The molecule has 4 bridgehead atoms. The molecule has 1 heterocycles. The van der Waals surface area contributed by atoms with Gasteiger partial charge in [-0.05, 0) is 142 Å². The predicted octanol–water partition coefficient (Wildman–Crippen LogP) is 10.9. The van der Waals surface area contributed by atoms with Crippen molar-refractivity contribution in [3.8, 4) is 11.3 Å². The largest absolute Gasteiger partial charge is 0.453 e. The van der Waals surface area contributed by atoms with Crippen LogP contribution in [0.3, 0.4) is 0 Å². The Hall–Kier alpha value is -3.08. The van der Waals surface area contributed by atoms with Crippen LogP contribution in [-0.4, -0.2) is 58.4 Å². The van der Waals surface area contributed by atoms with Crippen LogP contribution < -0.4 is 0 Å². The van der Waals surface area contributed by atoms with Crippen LogP contribution in [0.15, 0.2) is 58.6 Å². The molecule has 11 heteroatoms. The lowest BCUT2D eigenvalue weighted by atomic mass is 9.32. The lowest BCUT2D eigenvalue weighted by Crippen LogP contribution is -2.67. The van der Waals surface area contributed by atoms with Crippen molar-refractivity contribution >= 4 is 23.5 Å². The number of fused-ring (bicyclic) bond motifs is 3. The van der Waals surface area contributed by atoms with Gasteiger partial charge in [-0.1, -0.05) is 57.5 Å². The van der Waals surface area contributed by atoms with E-state index in [1.807, 2.05) is 6.92 Å². The fourth-order valence-corrected chi connectivity index (χ4v) is 14.6. The van der Waals surface area contributed by atoms with Gasteiger partial charge in [-0.3, -0.25) is 4.79 Å². The summed E-state index contributed by atoms with van der Waals surface area (Å²) >= 11 is 6.40. The van der Waals surface area contributed by atoms with Gasteiger partial charge in [-0.15, -0.1) is 0 Å². The number of furan rings is 1. The molecule has 7 nitrogen and oxygen atoms in total. The van der Waals surface area contributed by atoms with Crippen molar-refractivity contribution in [2.45, 2.75) is 117 Å². The summed E-state index contributed by atoms with van der Waals surface area (Å²) in [4.78, 5) is 30.7. The van der Waals surface area contributed by atoms with E-state index in [0.717, 1.165) is 43.7 Å². The Bertz CT molecular complexity index is 2090. The first-order valence-corrected chi connectivity index (χ1v) is 21.9. The highest BCUT2D eigenvalue weighted by Crippen LogP contribution is 2.78. The summed E-state index contributed by atoms with van der Waals surface area (Å²) in [6, 6.07) is 6.04. The van der Waals surface area contributed by atoms with E-state index in [4.69, 9.17) is 20.8 Å². The summed E-state index contributed by atoms with van der Waals surface area (Å²) in [5.74, 6) is 1.13. The summed E-state index contributed by atoms with van der Waals surface area (Å²) in [6.07, 6.45) is 8.84. The number of rotatable bonds is 8. The lowest BCUT2D eigenvalue weighted by Gasteiger charge is -2.71. The number of amides is 1. The van der Waals surface area contributed by atoms with Crippen LogP contribution in [0.25, 0.3) is 11.3 Å². The van der Waals surface area contributed by atoms with Crippen molar-refractivity contribution in [3.05, 3.63) is 70.5 Å². The molecular weight excluding hydrogens is 767 g/mol. The number of benzene rings is 1. The third kappa shape index (κ3) is 5.51. The third-order valence-corrected chi connectivity index (χ3v) is 18.1. The standard InChI is InChI=1S/C47H57ClF3NO6/c1-6-57-40(55)52(25-27-7-8-28-22-32(27)41(28,2)3)26-45(56)18-15-38-43(45,5)17-14-37-42(4)16-13-30(53)23-44(42)19-20-46(37,38)33(24-44)39(54)36-12-11-35(58-36)31-21-29(47(49,50)51)9-10-34(31)48/h9-12,19-21,24,27-28,30,32,37-38,53,56H,6-8,13-18,22-23,25-26H2,1-5H3. The topological polar surface area (TPSA) is 100 Å². The molecule has 11 unspecified atom stereocenters. The van der Waals surface area contributed by atoms with Gasteiger partial charge in [-0.2, -0.15) is 13.2 Å². The normalized spacial score (nSPS) is 40.5. The zero-order valence-corrected chi connectivity index (χ0v) is 35.0. The van der Waals surface area contributed by atoms with Crippen LogP contribution in [0.4, 0.5) is 18.0 Å². The molecule has 6 saturated carbocycles. The Balaban J connectivity index is 1.09. The fraction of sp³-hybridized carbons (Fsp3) is 0.660. The molecule has 11 atom stereocenters. The molecule has 2 aromatic rings. The molecule has 1 aromatic carbocycles. The second-order valence-electron chi connectivity index (χ2n) is 20.3. The number of aliphatic hydroxyl groups is 2. The van der Waals surface area contributed by atoms with Crippen molar-refractivity contribution in [2.24, 2.45) is 56.7 Å². The number of carbonyl (C=O) groups is 2. The smallest absolute Gasteiger partial charge is 0.416 e. The molecule has 2 spiro atoms. The second-order valence-corrected chi connectivity index (χ2v) is 20.7. The Morgan fingerprint density at radius 1 is 0.966 bits per heavy atom. The summed E-state index contributed by atoms with van der Waals surface area (Å²) in [7, 11) is 0. The molecule has 2 N–H and O–H groups in total. The van der Waals surface area contributed by atoms with E-state index in [0.29, 0.717) is 56.1 Å². The SMILES string of the molecule is CCOC(=O)N(CC1CCC2CC1C2(C)C)CC1(O)CCC2C34C=CC5(C=C3C(=O)c3ccc(-c6cc(C(F)(F)F)ccc6Cl)o3)CC(O)CCC5(C)C4CCC21C. The summed E-state index contributed by atoms with van der Waals surface area (Å²) in [5.41, 5.74) is -3.62. The van der Waals surface area contributed by atoms with Crippen LogP contribution in [0.5, 0.6) is 0 Å². The average Bonchev–Trinajstić information content (AvgIpc) is 3.76. The summed E-state index contributed by atoms with van der Waals surface area (Å²) < 4.78 is 53.0. The van der Waals surface area contributed by atoms with E-state index in [9.17, 15) is 28.2 Å². The predicted molar refractivity (Wildman–Crippen MR) is 214 cm³/mol. The number of alkyl halides is 3. The van der Waals surface area contributed by atoms with E-state index >= 15 is 4.79 Å². The van der Waals surface area contributed by atoms with Gasteiger partial charge in [0, 0.05) is 33.9 Å². The van der Waals surface area contributed by atoms with Crippen molar-refractivity contribution in [3.63, 3.8) is 0 Å². The van der Waals surface area contributed by atoms with Gasteiger partial charge in [0.1, 0.15) is 5.76 Å². The van der Waals surface area contributed by atoms with Crippen molar-refractivity contribution in [2.75, 3.05) is 19.7 Å². The number of ketones is 1. The number of allylic oxidation sites excluding steroid dienone is 4. The molecule has 9 aliphatic rings. The maximum Gasteiger partial charge on any atom is 0.416 e. The molecule has 9 aliphatic carbocycles. The van der Waals surface area contributed by atoms with Crippen LogP contribution in [-0.2, 0) is 10.9 Å². The second kappa shape index (κ2) is 13.2. The highest BCUT2D eigenvalue weighted by molar-refractivity contribution is 6.33. The minimum absolute atomic E-state index is 0.000857. The number of ether oxygens (including phenoxy) is 1. The average molecular weight is 824 g/mol. The van der Waals surface area contributed by atoms with E-state index in [-0.39, 0.29) is 63.7 Å². The number of hydrogen-bond acceptors (Lipinski definition) is 6. The Morgan fingerprint density at radius 2 is 1.69 bits per heavy atom. The van der Waals surface area contributed by atoms with E-state index in [2.05, 4.69) is 45.9 Å². The highest BCUT2D eigenvalue weighted by atomic mass is 35.5. The lowest BCUT2D eigenvalue weighted by molar-refractivity contribution is -0.177. The monoisotopic (exact) mass is 823 g/mol. The first-order valence-electron chi connectivity index (χ1n) is 21.5. The minimum Gasteiger partial charge on any atom is -0.453 e. The van der Waals surface area contributed by atoms with Crippen molar-refractivity contribution < 1.29 is 42.1 Å². The van der Waals surface area contributed by atoms with Gasteiger partial charge < -0.3 is 24.3 Å². The van der Waals surface area contributed by atoms with Gasteiger partial charge in [-0.25, -0.2) is 4.79 Å². The number of nitrogens with zero attached hydrogens (tertiary/aromatic N) is 1. The molecule has 6 fully saturated rings. The van der Waals surface area contributed by atoms with Crippen LogP contribution >= 0.6 is 11.6 Å². The van der Waals surface area contributed by atoms with Gasteiger partial charge in [0.25, 0.3) is 0 Å². The molecule has 0 radical (unpaired) electrons. The van der Waals surface area contributed by atoms with Gasteiger partial charge in [0.2, 0.25) is 5.78 Å². The van der Waals surface area contributed by atoms with Gasteiger partial charge in [0.05, 0.1) is 35.4 Å². The van der Waals surface area contributed by atoms with Crippen molar-refractivity contribution in [1.82, 2.24) is 4.90 Å². The summed E-state index contributed by atoms with van der Waals surface area (Å²) in [5, 5.41) is 24.3. The molecule has 1 aromatic heterocycles. The van der Waals surface area contributed by atoms with Gasteiger partial charge in [0.15, 0.2) is 5.76 Å². The number of hydrogen-bond donors (Lipinski definition) is 2. The van der Waals surface area contributed by atoms with Crippen molar-refractivity contribution in [1.29, 1.82) is 0 Å². The maximum atomic E-state index is 15.2. The number of Topliss-reactive ketones (excluding diaryl/α,β-unsaturated/α-hetero) is 1. The van der Waals surface area contributed by atoms with Crippen LogP contribution in [0.2, 0.25) is 5.02 Å². The molecule has 0 aliphatic heterocycles. The fourth-order valence-electron chi connectivity index (χ4n) is 14.4. The number of halogens is 4. The number of carbonyl (C=O) groups excluding carboxylic acids is 2. The van der Waals surface area contributed by atoms with Crippen LogP contribution in [0, 0.1) is 56.7 Å². The first-order chi connectivity index (χ1) is 27.2. The van der Waals surface area contributed by atoms with Gasteiger partial charge >= 0.3 is 12.3 Å². The molecule has 1 amide bonds. The van der Waals surface area contributed by atoms with E-state index in [1.165, 1.54) is 24.6 Å². The highest BCUT2D eigenvalue weighted by Gasteiger charge is 2.75. The molecular formula is C47H57ClF3NO6.